The van der Waals surface area contributed by atoms with Crippen molar-refractivity contribution in [2.24, 2.45) is 5.92 Å². The van der Waals surface area contributed by atoms with E-state index >= 15 is 0 Å². The molecule has 8 nitrogen and oxygen atoms in total. The van der Waals surface area contributed by atoms with E-state index in [-0.39, 0.29) is 17.9 Å². The maximum Gasteiger partial charge on any atom is 0.248 e. The summed E-state index contributed by atoms with van der Waals surface area (Å²) >= 11 is 1.23. The molecule has 3 aliphatic rings. The second-order valence-electron chi connectivity index (χ2n) is 11.3. The molecule has 42 heavy (non-hydrogen) atoms. The molecule has 1 saturated heterocycles. The summed E-state index contributed by atoms with van der Waals surface area (Å²) in [7, 11) is -3.04. The first-order valence-corrected chi connectivity index (χ1v) is 16.4. The lowest BCUT2D eigenvalue weighted by Crippen LogP contribution is -2.45. The average Bonchev–Trinajstić information content (AvgIpc) is 3.59. The Morgan fingerprint density at radius 3 is 2.43 bits per heavy atom. The third-order valence-electron chi connectivity index (χ3n) is 8.28. The number of aromatic nitrogens is 2. The second-order valence-corrected chi connectivity index (χ2v) is 14.6. The van der Waals surface area contributed by atoms with E-state index < -0.39 is 57.7 Å². The summed E-state index contributed by atoms with van der Waals surface area (Å²) in [5.74, 6) is -5.52. The number of thiazole rings is 1. The summed E-state index contributed by atoms with van der Waals surface area (Å²) in [6.07, 6.45) is 1.06. The third-order valence-corrected chi connectivity index (χ3v) is 11.0. The fraction of sp³-hybridized carbons (Fsp3) is 0.448. The predicted octanol–water partition coefficient (Wildman–Crippen LogP) is 4.94. The Kier molecular flexibility index (Phi) is 7.25. The van der Waals surface area contributed by atoms with Crippen molar-refractivity contribution in [2.45, 2.75) is 49.5 Å². The van der Waals surface area contributed by atoms with Gasteiger partial charge in [0, 0.05) is 43.5 Å². The van der Waals surface area contributed by atoms with Crippen LogP contribution >= 0.6 is 11.3 Å². The van der Waals surface area contributed by atoms with Crippen molar-refractivity contribution in [3.05, 3.63) is 54.1 Å². The molecule has 1 N–H and O–H groups in total. The lowest BCUT2D eigenvalue weighted by atomic mass is 9.74. The van der Waals surface area contributed by atoms with Gasteiger partial charge in [-0.25, -0.2) is 26.6 Å². The van der Waals surface area contributed by atoms with Gasteiger partial charge in [-0.15, -0.1) is 11.3 Å². The Bertz CT molecular complexity index is 1630. The maximum atomic E-state index is 14.9. The van der Waals surface area contributed by atoms with Crippen molar-refractivity contribution in [1.29, 1.82) is 5.26 Å². The summed E-state index contributed by atoms with van der Waals surface area (Å²) in [5.41, 5.74) is 1.34. The average molecular weight is 616 g/mol. The number of sulfone groups is 1. The second kappa shape index (κ2) is 10.6. The number of anilines is 1. The van der Waals surface area contributed by atoms with Crippen LogP contribution in [0.5, 0.6) is 0 Å². The molecule has 3 fully saturated rings. The number of amides is 1. The van der Waals surface area contributed by atoms with Crippen LogP contribution in [-0.2, 0) is 14.6 Å². The molecule has 0 radical (unpaired) electrons. The molecule has 2 saturated carbocycles. The van der Waals surface area contributed by atoms with Crippen LogP contribution in [0.4, 0.5) is 18.9 Å². The Labute approximate surface area is 245 Å². The van der Waals surface area contributed by atoms with E-state index in [1.165, 1.54) is 23.5 Å². The number of halogens is 3. The monoisotopic (exact) mass is 615 g/mol. The molecule has 220 valence electrons. The molecule has 2 unspecified atom stereocenters. The van der Waals surface area contributed by atoms with Gasteiger partial charge in [0.15, 0.2) is 9.84 Å². The highest BCUT2D eigenvalue weighted by molar-refractivity contribution is 7.91. The number of carbonyl (C=O) groups is 1. The first-order chi connectivity index (χ1) is 20.0. The van der Waals surface area contributed by atoms with Gasteiger partial charge >= 0.3 is 0 Å². The van der Waals surface area contributed by atoms with Crippen LogP contribution in [0.1, 0.15) is 43.7 Å². The van der Waals surface area contributed by atoms with Gasteiger partial charge in [0.25, 0.3) is 0 Å². The van der Waals surface area contributed by atoms with Gasteiger partial charge in [-0.2, -0.15) is 5.26 Å². The van der Waals surface area contributed by atoms with Gasteiger partial charge in [-0.1, -0.05) is 12.1 Å². The molecule has 0 spiro atoms. The van der Waals surface area contributed by atoms with Crippen LogP contribution < -0.4 is 10.2 Å². The van der Waals surface area contributed by atoms with Crippen molar-refractivity contribution >= 4 is 32.8 Å². The molecule has 3 aromatic rings. The number of nitrogens with zero attached hydrogens (tertiary/aromatic N) is 4. The number of alkyl halides is 2. The molecule has 1 amide bonds. The van der Waals surface area contributed by atoms with Crippen molar-refractivity contribution in [3.63, 3.8) is 0 Å². The van der Waals surface area contributed by atoms with Crippen LogP contribution in [0.15, 0.2) is 42.6 Å². The minimum atomic E-state index is -3.04. The highest BCUT2D eigenvalue weighted by Gasteiger charge is 2.50. The van der Waals surface area contributed by atoms with Gasteiger partial charge in [-0.3, -0.25) is 9.78 Å². The van der Waals surface area contributed by atoms with E-state index in [4.69, 9.17) is 4.98 Å². The van der Waals surface area contributed by atoms with E-state index in [1.807, 2.05) is 29.2 Å². The van der Waals surface area contributed by atoms with Crippen molar-refractivity contribution < 1.29 is 26.4 Å². The van der Waals surface area contributed by atoms with Gasteiger partial charge in [0.2, 0.25) is 11.8 Å². The number of benzene rings is 1. The zero-order valence-electron chi connectivity index (χ0n) is 22.5. The summed E-state index contributed by atoms with van der Waals surface area (Å²) in [6, 6.07) is 12.2. The lowest BCUT2D eigenvalue weighted by Gasteiger charge is -2.35. The van der Waals surface area contributed by atoms with E-state index in [0.29, 0.717) is 52.8 Å². The zero-order chi connectivity index (χ0) is 29.7. The molecule has 1 aromatic carbocycles. The number of hydrogen-bond acceptors (Lipinski definition) is 8. The van der Waals surface area contributed by atoms with Crippen LogP contribution in [0.25, 0.3) is 21.1 Å². The van der Waals surface area contributed by atoms with Gasteiger partial charge < -0.3 is 10.2 Å². The smallest absolute Gasteiger partial charge is 0.248 e. The molecule has 2 atom stereocenters. The van der Waals surface area contributed by atoms with Crippen LogP contribution in [0.2, 0.25) is 0 Å². The summed E-state index contributed by atoms with van der Waals surface area (Å²) in [6.45, 7) is 0.762. The number of nitriles is 1. The van der Waals surface area contributed by atoms with Crippen molar-refractivity contribution in [3.8, 4) is 27.2 Å². The number of rotatable bonds is 6. The Morgan fingerprint density at radius 2 is 1.81 bits per heavy atom. The third kappa shape index (κ3) is 5.87. The van der Waals surface area contributed by atoms with Crippen molar-refractivity contribution in [1.82, 2.24) is 15.3 Å². The standard InChI is InChI=1S/C29H28F3N5O3S2/c30-19-3-6-23(34-16-19)27-35-24(22-15-29(31,32)8-7-21(22)26(38)36-28(17-33)9-10-28)25(41-27)18-1-4-20(5-2-18)37-11-13-42(39,40)14-12-37/h1-6,16,21-22H,7-15H2,(H,36,38). The quantitative estimate of drug-likeness (QED) is 0.418. The molecular formula is C29H28F3N5O3S2. The molecule has 6 rings (SSSR count). The molecule has 2 aliphatic carbocycles. The zero-order valence-corrected chi connectivity index (χ0v) is 24.2. The number of carbonyl (C=O) groups excluding carboxylic acids is 1. The minimum absolute atomic E-state index is 0.0527. The maximum absolute atomic E-state index is 14.9. The van der Waals surface area contributed by atoms with Crippen molar-refractivity contribution in [2.75, 3.05) is 29.5 Å². The molecule has 13 heteroatoms. The summed E-state index contributed by atoms with van der Waals surface area (Å²) < 4.78 is 67.1. The fourth-order valence-electron chi connectivity index (χ4n) is 5.65. The Hall–Kier alpha value is -3.50. The van der Waals surface area contributed by atoms with Gasteiger partial charge in [0.1, 0.15) is 16.4 Å². The van der Waals surface area contributed by atoms with E-state index in [1.54, 1.807) is 0 Å². The molecule has 1 aliphatic heterocycles. The number of nitrogens with one attached hydrogen (secondary N) is 1. The van der Waals surface area contributed by atoms with Gasteiger partial charge in [0.05, 0.1) is 40.0 Å². The first kappa shape index (κ1) is 28.6. The fourth-order valence-corrected chi connectivity index (χ4v) is 7.97. The Balaban J connectivity index is 1.38. The lowest BCUT2D eigenvalue weighted by molar-refractivity contribution is -0.131. The van der Waals surface area contributed by atoms with Crippen LogP contribution in [-0.4, -0.2) is 60.3 Å². The molecule has 0 bridgehead atoms. The number of hydrogen-bond donors (Lipinski definition) is 1. The summed E-state index contributed by atoms with van der Waals surface area (Å²) in [4.78, 5) is 24.9. The van der Waals surface area contributed by atoms with E-state index in [9.17, 15) is 31.6 Å². The SMILES string of the molecule is N#CC1(NC(=O)C2CCC(F)(F)CC2c2nc(-c3ccc(F)cn3)sc2-c2ccc(N3CCS(=O)(=O)CC3)cc2)CC1. The number of pyridine rings is 1. The normalized spacial score (nSPS) is 24.0. The minimum Gasteiger partial charge on any atom is -0.369 e. The highest BCUT2D eigenvalue weighted by atomic mass is 32.2. The van der Waals surface area contributed by atoms with E-state index in [2.05, 4.69) is 16.4 Å². The Morgan fingerprint density at radius 1 is 1.10 bits per heavy atom. The predicted molar refractivity (Wildman–Crippen MR) is 152 cm³/mol. The largest absolute Gasteiger partial charge is 0.369 e. The topological polar surface area (TPSA) is 116 Å². The molecule has 3 heterocycles. The van der Waals surface area contributed by atoms with Crippen LogP contribution in [0.3, 0.4) is 0 Å². The van der Waals surface area contributed by atoms with Crippen LogP contribution in [0, 0.1) is 23.1 Å². The van der Waals surface area contributed by atoms with Gasteiger partial charge in [-0.05, 0) is 49.1 Å². The summed E-state index contributed by atoms with van der Waals surface area (Å²) in [5, 5.41) is 12.7. The van der Waals surface area contributed by atoms with E-state index in [0.717, 1.165) is 11.9 Å². The molecule has 2 aromatic heterocycles. The first-order valence-electron chi connectivity index (χ1n) is 13.8. The highest BCUT2D eigenvalue weighted by Crippen LogP contribution is 2.50. The molecular weight excluding hydrogens is 587 g/mol.